The van der Waals surface area contributed by atoms with Crippen LogP contribution in [-0.4, -0.2) is 74.5 Å². The minimum absolute atomic E-state index is 0.0517. The number of methoxy groups -OCH3 is 1. The van der Waals surface area contributed by atoms with Crippen molar-refractivity contribution in [3.63, 3.8) is 0 Å². The lowest BCUT2D eigenvalue weighted by atomic mass is 9.97. The number of nitrogens with zero attached hydrogens (tertiary/aromatic N) is 3. The number of azide groups is 1. The molecule has 0 saturated carbocycles. The van der Waals surface area contributed by atoms with Gasteiger partial charge in [0.1, 0.15) is 5.75 Å². The molecule has 0 amide bonds. The maximum absolute atomic E-state index is 12.6. The van der Waals surface area contributed by atoms with Gasteiger partial charge in [-0.15, -0.1) is 0 Å². The number of hydrogen-bond acceptors (Lipinski definition) is 12. The minimum atomic E-state index is -1.65. The second-order valence-corrected chi connectivity index (χ2v) is 8.02. The Morgan fingerprint density at radius 1 is 1.05 bits per heavy atom. The van der Waals surface area contributed by atoms with Crippen LogP contribution in [0.4, 0.5) is 0 Å². The topological polar surface area (TPSA) is 189 Å². The predicted octanol–water partition coefficient (Wildman–Crippen LogP) is 2.01. The van der Waals surface area contributed by atoms with Crippen LogP contribution in [-0.2, 0) is 42.9 Å². The van der Waals surface area contributed by atoms with Crippen LogP contribution < -0.4 is 4.74 Å². The molecule has 208 valence electrons. The van der Waals surface area contributed by atoms with Gasteiger partial charge in [-0.25, -0.2) is 4.79 Å². The monoisotopic (exact) mass is 545 g/mol. The number of carbonyl (C=O) groups excluding carboxylic acids is 5. The number of ether oxygens (including phenoxy) is 6. The van der Waals surface area contributed by atoms with Gasteiger partial charge in [0.2, 0.25) is 12.4 Å². The molecular formula is C25H27N3O11. The lowest BCUT2D eigenvalue weighted by molar-refractivity contribution is -0.282. The van der Waals surface area contributed by atoms with E-state index in [-0.39, 0.29) is 11.3 Å². The zero-order valence-electron chi connectivity index (χ0n) is 21.6. The SMILES string of the molecule is COC(=O)[C@H]1O[C@@H](Oc2cc(C#CCCCN=[N+]=[N-])ccc2C=O)[C@H](OC(C)=O)[C@@H](OC(C)=O)[C@@H]1OC(C)=O. The third-order valence-corrected chi connectivity index (χ3v) is 5.07. The predicted molar refractivity (Wildman–Crippen MR) is 130 cm³/mol. The van der Waals surface area contributed by atoms with Gasteiger partial charge in [-0.1, -0.05) is 17.0 Å². The Hall–Kier alpha value is -4.60. The largest absolute Gasteiger partial charge is 0.467 e. The second kappa shape index (κ2) is 15.0. The summed E-state index contributed by atoms with van der Waals surface area (Å²) in [6.07, 6.45) is -6.44. The maximum Gasteiger partial charge on any atom is 0.339 e. The summed E-state index contributed by atoms with van der Waals surface area (Å²) in [7, 11) is 1.06. The molecule has 39 heavy (non-hydrogen) atoms. The standard InChI is InChI=1S/C25H27N3O11/c1-14(30)35-20-21(36-15(2)31)23(37-16(3)32)25(39-22(20)24(33)34-4)38-19-12-17(9-10-18(19)13-29)8-6-5-7-11-27-28-26/h9-10,12-13,20-23,25H,5,7,11H2,1-4H3/t20-,21-,22-,23+,25+/m0/s1. The fourth-order valence-corrected chi connectivity index (χ4v) is 3.56. The zero-order chi connectivity index (χ0) is 28.9. The summed E-state index contributed by atoms with van der Waals surface area (Å²) in [5.74, 6) is 2.22. The van der Waals surface area contributed by atoms with Crippen molar-refractivity contribution in [2.75, 3.05) is 13.7 Å². The molecule has 0 aromatic heterocycles. The molecule has 14 heteroatoms. The number of aldehydes is 1. The summed E-state index contributed by atoms with van der Waals surface area (Å²) in [6, 6.07) is 4.42. The number of rotatable bonds is 10. The molecule has 1 aliphatic heterocycles. The van der Waals surface area contributed by atoms with Gasteiger partial charge in [-0.05, 0) is 30.2 Å². The van der Waals surface area contributed by atoms with Crippen molar-refractivity contribution in [2.24, 2.45) is 5.11 Å². The number of unbranched alkanes of at least 4 members (excludes halogenated alkanes) is 1. The molecule has 14 nitrogen and oxygen atoms in total. The van der Waals surface area contributed by atoms with Gasteiger partial charge in [0.25, 0.3) is 0 Å². The Morgan fingerprint density at radius 3 is 2.28 bits per heavy atom. The lowest BCUT2D eigenvalue weighted by Gasteiger charge is -2.43. The fourth-order valence-electron chi connectivity index (χ4n) is 3.56. The normalized spacial score (nSPS) is 21.6. The molecule has 1 aliphatic rings. The van der Waals surface area contributed by atoms with Crippen molar-refractivity contribution in [2.45, 2.75) is 64.3 Å². The molecule has 0 spiro atoms. The van der Waals surface area contributed by atoms with Crippen LogP contribution in [0.1, 0.15) is 49.5 Å². The Balaban J connectivity index is 2.50. The van der Waals surface area contributed by atoms with Crippen LogP contribution in [0, 0.1) is 11.8 Å². The molecule has 2 rings (SSSR count). The minimum Gasteiger partial charge on any atom is -0.467 e. The Bertz CT molecular complexity index is 1200. The van der Waals surface area contributed by atoms with Gasteiger partial charge in [0.15, 0.2) is 24.6 Å². The number of carbonyl (C=O) groups is 5. The van der Waals surface area contributed by atoms with E-state index in [0.29, 0.717) is 31.2 Å². The molecule has 0 unspecified atom stereocenters. The van der Waals surface area contributed by atoms with E-state index >= 15 is 0 Å². The summed E-state index contributed by atoms with van der Waals surface area (Å²) in [5, 5.41) is 3.43. The first-order chi connectivity index (χ1) is 18.6. The van der Waals surface area contributed by atoms with E-state index in [9.17, 15) is 24.0 Å². The van der Waals surface area contributed by atoms with Crippen molar-refractivity contribution in [1.29, 1.82) is 0 Å². The van der Waals surface area contributed by atoms with Crippen LogP contribution in [0.25, 0.3) is 10.4 Å². The van der Waals surface area contributed by atoms with Gasteiger partial charge in [0, 0.05) is 44.2 Å². The van der Waals surface area contributed by atoms with E-state index in [0.717, 1.165) is 27.9 Å². The molecule has 1 saturated heterocycles. The molecule has 0 bridgehead atoms. The molecule has 0 radical (unpaired) electrons. The molecule has 1 aromatic carbocycles. The van der Waals surface area contributed by atoms with E-state index in [4.69, 9.17) is 34.0 Å². The summed E-state index contributed by atoms with van der Waals surface area (Å²) < 4.78 is 32.2. The first-order valence-corrected chi connectivity index (χ1v) is 11.6. The summed E-state index contributed by atoms with van der Waals surface area (Å²) >= 11 is 0. The first-order valence-electron chi connectivity index (χ1n) is 11.6. The highest BCUT2D eigenvalue weighted by Gasteiger charge is 2.55. The van der Waals surface area contributed by atoms with Crippen LogP contribution in [0.3, 0.4) is 0 Å². The summed E-state index contributed by atoms with van der Waals surface area (Å²) in [6.45, 7) is 3.49. The van der Waals surface area contributed by atoms with Crippen LogP contribution >= 0.6 is 0 Å². The average molecular weight is 546 g/mol. The first kappa shape index (κ1) is 30.6. The Labute approximate surface area is 223 Å². The Kier molecular flexibility index (Phi) is 11.8. The molecule has 1 fully saturated rings. The van der Waals surface area contributed by atoms with Crippen LogP contribution in [0.5, 0.6) is 5.75 Å². The number of esters is 4. The van der Waals surface area contributed by atoms with Gasteiger partial charge in [0.05, 0.1) is 12.7 Å². The molecule has 5 atom stereocenters. The third kappa shape index (κ3) is 9.03. The zero-order valence-corrected chi connectivity index (χ0v) is 21.6. The van der Waals surface area contributed by atoms with Crippen molar-refractivity contribution in [1.82, 2.24) is 0 Å². The van der Waals surface area contributed by atoms with Gasteiger partial charge < -0.3 is 28.4 Å². The number of hydrogen-bond donors (Lipinski definition) is 0. The summed E-state index contributed by atoms with van der Waals surface area (Å²) in [5.41, 5.74) is 8.83. The van der Waals surface area contributed by atoms with Crippen molar-refractivity contribution in [3.8, 4) is 17.6 Å². The number of benzene rings is 1. The van der Waals surface area contributed by atoms with E-state index in [1.165, 1.54) is 12.1 Å². The summed E-state index contributed by atoms with van der Waals surface area (Å²) in [4.78, 5) is 62.6. The highest BCUT2D eigenvalue weighted by molar-refractivity contribution is 5.80. The van der Waals surface area contributed by atoms with Gasteiger partial charge in [-0.2, -0.15) is 0 Å². The van der Waals surface area contributed by atoms with Crippen molar-refractivity contribution in [3.05, 3.63) is 39.8 Å². The highest BCUT2D eigenvalue weighted by Crippen LogP contribution is 2.32. The van der Waals surface area contributed by atoms with E-state index in [1.807, 2.05) is 0 Å². The molecule has 1 aromatic rings. The Morgan fingerprint density at radius 2 is 1.69 bits per heavy atom. The van der Waals surface area contributed by atoms with Crippen LogP contribution in [0.2, 0.25) is 0 Å². The highest BCUT2D eigenvalue weighted by atomic mass is 16.7. The van der Waals surface area contributed by atoms with E-state index < -0.39 is 54.6 Å². The maximum atomic E-state index is 12.6. The smallest absolute Gasteiger partial charge is 0.339 e. The average Bonchev–Trinajstić information content (AvgIpc) is 2.88. The molecule has 0 aliphatic carbocycles. The molecule has 1 heterocycles. The van der Waals surface area contributed by atoms with E-state index in [2.05, 4.69) is 21.9 Å². The molecular weight excluding hydrogens is 518 g/mol. The fraction of sp³-hybridized carbons (Fsp3) is 0.480. The quantitative estimate of drug-likeness (QED) is 0.0611. The van der Waals surface area contributed by atoms with Gasteiger partial charge in [-0.3, -0.25) is 19.2 Å². The van der Waals surface area contributed by atoms with Crippen molar-refractivity contribution < 1.29 is 52.4 Å². The van der Waals surface area contributed by atoms with Crippen molar-refractivity contribution >= 4 is 30.2 Å². The van der Waals surface area contributed by atoms with E-state index in [1.54, 1.807) is 6.07 Å². The third-order valence-electron chi connectivity index (χ3n) is 5.07. The van der Waals surface area contributed by atoms with Crippen LogP contribution in [0.15, 0.2) is 23.3 Å². The van der Waals surface area contributed by atoms with Gasteiger partial charge >= 0.3 is 23.9 Å². The second-order valence-electron chi connectivity index (χ2n) is 8.02. The molecule has 0 N–H and O–H groups in total. The lowest BCUT2D eigenvalue weighted by Crippen LogP contribution is -2.64.